The van der Waals surface area contributed by atoms with Gasteiger partial charge in [-0.1, -0.05) is 48.5 Å². The summed E-state index contributed by atoms with van der Waals surface area (Å²) >= 11 is 0. The van der Waals surface area contributed by atoms with Crippen LogP contribution < -0.4 is 5.73 Å². The van der Waals surface area contributed by atoms with Crippen molar-refractivity contribution in [3.8, 4) is 0 Å². The van der Waals surface area contributed by atoms with Crippen molar-refractivity contribution in [2.24, 2.45) is 5.73 Å². The number of benzene rings is 2. The Kier molecular flexibility index (Phi) is 7.91. The topological polar surface area (TPSA) is 98.4 Å². The lowest BCUT2D eigenvalue weighted by Crippen LogP contribution is -2.50. The average Bonchev–Trinajstić information content (AvgIpc) is 2.79. The molecule has 3 aromatic rings. The fourth-order valence-electron chi connectivity index (χ4n) is 4.53. The Labute approximate surface area is 219 Å². The summed E-state index contributed by atoms with van der Waals surface area (Å²) in [6.07, 6.45) is 4.11. The molecule has 2 N–H and O–H groups in total. The predicted molar refractivity (Wildman–Crippen MR) is 143 cm³/mol. The van der Waals surface area contributed by atoms with Crippen molar-refractivity contribution < 1.29 is 14.3 Å². The number of carbonyl (C=O) groups is 2. The van der Waals surface area contributed by atoms with Crippen LogP contribution in [0.3, 0.4) is 0 Å². The normalized spacial score (nSPS) is 13.8. The predicted octanol–water partition coefficient (Wildman–Crippen LogP) is 4.52. The molecular weight excluding hydrogens is 464 g/mol. The first-order valence-corrected chi connectivity index (χ1v) is 12.8. The largest absolute Gasteiger partial charge is 0.444 e. The van der Waals surface area contributed by atoms with E-state index < -0.39 is 5.60 Å². The summed E-state index contributed by atoms with van der Waals surface area (Å²) in [5.41, 5.74) is 11.5. The monoisotopic (exact) mass is 500 g/mol. The minimum atomic E-state index is -0.475. The molecule has 7 heteroatoms. The molecule has 2 amide bonds. The highest BCUT2D eigenvalue weighted by Gasteiger charge is 2.34. The number of likely N-dealkylation sites (tertiary alicyclic amines) is 1. The zero-order valence-corrected chi connectivity index (χ0v) is 22.2. The summed E-state index contributed by atoms with van der Waals surface area (Å²) in [5.74, 6) is 0.802. The molecule has 4 rings (SSSR count). The summed E-state index contributed by atoms with van der Waals surface area (Å²) < 4.78 is 5.45. The average molecular weight is 501 g/mol. The molecule has 1 saturated heterocycles. The lowest BCUT2D eigenvalue weighted by Gasteiger charge is -2.40. The van der Waals surface area contributed by atoms with Crippen LogP contribution in [-0.4, -0.2) is 45.6 Å². The number of hydrogen-bond acceptors (Lipinski definition) is 5. The zero-order chi connectivity index (χ0) is 26.6. The molecular formula is C30H36N4O3. The summed E-state index contributed by atoms with van der Waals surface area (Å²) in [4.78, 5) is 34.8. The molecule has 0 atom stereocenters. The Morgan fingerprint density at radius 3 is 2.35 bits per heavy atom. The van der Waals surface area contributed by atoms with Crippen molar-refractivity contribution in [1.29, 1.82) is 0 Å². The third kappa shape index (κ3) is 7.15. The van der Waals surface area contributed by atoms with Crippen LogP contribution >= 0.6 is 0 Å². The second-order valence-electron chi connectivity index (χ2n) is 10.8. The SMILES string of the molecule is Cc1cnc(Cc2ccc(C3CN(C(=O)OC(C)(C)C)C3)cc2)nc1CCc1ccccc1CC(N)=O. The molecule has 0 aliphatic carbocycles. The summed E-state index contributed by atoms with van der Waals surface area (Å²) in [5, 5.41) is 0. The van der Waals surface area contributed by atoms with Gasteiger partial charge in [0, 0.05) is 37.3 Å². The van der Waals surface area contributed by atoms with Crippen LogP contribution in [0.5, 0.6) is 0 Å². The van der Waals surface area contributed by atoms with Gasteiger partial charge < -0.3 is 15.4 Å². The molecule has 37 heavy (non-hydrogen) atoms. The molecule has 0 spiro atoms. The molecule has 1 aromatic heterocycles. The molecule has 2 heterocycles. The Hall–Kier alpha value is -3.74. The second kappa shape index (κ2) is 11.1. The van der Waals surface area contributed by atoms with Crippen molar-refractivity contribution in [2.45, 2.75) is 64.9 Å². The van der Waals surface area contributed by atoms with E-state index >= 15 is 0 Å². The number of ether oxygens (including phenoxy) is 1. The van der Waals surface area contributed by atoms with E-state index in [-0.39, 0.29) is 18.4 Å². The van der Waals surface area contributed by atoms with E-state index in [0.717, 1.165) is 46.6 Å². The number of aromatic nitrogens is 2. The molecule has 1 aliphatic heterocycles. The Bertz CT molecular complexity index is 1260. The molecule has 1 aliphatic rings. The first-order valence-electron chi connectivity index (χ1n) is 12.8. The van der Waals surface area contributed by atoms with Gasteiger partial charge in [-0.25, -0.2) is 14.8 Å². The van der Waals surface area contributed by atoms with Gasteiger partial charge in [0.2, 0.25) is 5.91 Å². The van der Waals surface area contributed by atoms with E-state index in [2.05, 4.69) is 29.2 Å². The van der Waals surface area contributed by atoms with Gasteiger partial charge in [0.25, 0.3) is 0 Å². The maximum Gasteiger partial charge on any atom is 0.410 e. The van der Waals surface area contributed by atoms with Crippen molar-refractivity contribution in [2.75, 3.05) is 13.1 Å². The third-order valence-corrected chi connectivity index (χ3v) is 6.59. The first kappa shape index (κ1) is 26.3. The van der Waals surface area contributed by atoms with Gasteiger partial charge in [-0.2, -0.15) is 0 Å². The fourth-order valence-corrected chi connectivity index (χ4v) is 4.53. The Morgan fingerprint density at radius 2 is 1.70 bits per heavy atom. The number of primary amides is 1. The number of nitrogens with zero attached hydrogens (tertiary/aromatic N) is 3. The van der Waals surface area contributed by atoms with Gasteiger partial charge in [0.1, 0.15) is 11.4 Å². The van der Waals surface area contributed by atoms with Crippen LogP contribution in [0.15, 0.2) is 54.7 Å². The van der Waals surface area contributed by atoms with Gasteiger partial charge in [0.05, 0.1) is 6.42 Å². The minimum absolute atomic E-state index is 0.246. The quantitative estimate of drug-likeness (QED) is 0.490. The van der Waals surface area contributed by atoms with E-state index in [1.165, 1.54) is 5.56 Å². The molecule has 0 saturated carbocycles. The van der Waals surface area contributed by atoms with Gasteiger partial charge in [-0.15, -0.1) is 0 Å². The Morgan fingerprint density at radius 1 is 1.03 bits per heavy atom. The lowest BCUT2D eigenvalue weighted by atomic mass is 9.91. The number of rotatable bonds is 8. The van der Waals surface area contributed by atoms with E-state index in [1.54, 1.807) is 4.90 Å². The first-order chi connectivity index (χ1) is 17.6. The molecule has 0 bridgehead atoms. The highest BCUT2D eigenvalue weighted by molar-refractivity contribution is 5.77. The van der Waals surface area contributed by atoms with Crippen LogP contribution in [0.2, 0.25) is 0 Å². The number of aryl methyl sites for hydroxylation is 3. The van der Waals surface area contributed by atoms with Crippen molar-refractivity contribution >= 4 is 12.0 Å². The van der Waals surface area contributed by atoms with E-state index in [1.807, 2.05) is 58.2 Å². The van der Waals surface area contributed by atoms with Crippen LogP contribution in [0, 0.1) is 6.92 Å². The molecule has 0 unspecified atom stereocenters. The summed E-state index contributed by atoms with van der Waals surface area (Å²) in [6, 6.07) is 16.4. The number of hydrogen-bond donors (Lipinski definition) is 1. The molecule has 0 radical (unpaired) electrons. The van der Waals surface area contributed by atoms with Crippen molar-refractivity contribution in [3.05, 3.63) is 94.1 Å². The van der Waals surface area contributed by atoms with E-state index in [9.17, 15) is 9.59 Å². The maximum absolute atomic E-state index is 12.2. The lowest BCUT2D eigenvalue weighted by molar-refractivity contribution is -0.117. The number of amides is 2. The van der Waals surface area contributed by atoms with Crippen LogP contribution in [0.25, 0.3) is 0 Å². The van der Waals surface area contributed by atoms with E-state index in [0.29, 0.717) is 25.4 Å². The van der Waals surface area contributed by atoms with Gasteiger partial charge in [-0.05, 0) is 68.4 Å². The third-order valence-electron chi connectivity index (χ3n) is 6.59. The van der Waals surface area contributed by atoms with Crippen LogP contribution in [0.1, 0.15) is 66.0 Å². The number of nitrogens with two attached hydrogens (primary N) is 1. The molecule has 1 fully saturated rings. The van der Waals surface area contributed by atoms with Crippen molar-refractivity contribution in [3.63, 3.8) is 0 Å². The maximum atomic E-state index is 12.2. The van der Waals surface area contributed by atoms with Crippen LogP contribution in [0.4, 0.5) is 4.79 Å². The van der Waals surface area contributed by atoms with E-state index in [4.69, 9.17) is 15.5 Å². The molecule has 194 valence electrons. The summed E-state index contributed by atoms with van der Waals surface area (Å²) in [7, 11) is 0. The van der Waals surface area contributed by atoms with Crippen LogP contribution in [-0.2, 0) is 35.2 Å². The van der Waals surface area contributed by atoms with Crippen molar-refractivity contribution in [1.82, 2.24) is 14.9 Å². The highest BCUT2D eigenvalue weighted by atomic mass is 16.6. The van der Waals surface area contributed by atoms with Gasteiger partial charge in [-0.3, -0.25) is 4.79 Å². The highest BCUT2D eigenvalue weighted by Crippen LogP contribution is 2.29. The van der Waals surface area contributed by atoms with Gasteiger partial charge >= 0.3 is 6.09 Å². The van der Waals surface area contributed by atoms with Gasteiger partial charge in [0.15, 0.2) is 0 Å². The smallest absolute Gasteiger partial charge is 0.410 e. The standard InChI is InChI=1S/C30H36N4O3/c1-20-17-32-28(33-26(20)14-13-22-7-5-6-8-24(22)16-27(31)35)15-21-9-11-23(12-10-21)25-18-34(19-25)29(36)37-30(2,3)4/h5-12,17,25H,13-16,18-19H2,1-4H3,(H2,31,35). The Balaban J connectivity index is 1.34. The minimum Gasteiger partial charge on any atom is -0.444 e. The zero-order valence-electron chi connectivity index (χ0n) is 22.2. The summed E-state index contributed by atoms with van der Waals surface area (Å²) in [6.45, 7) is 9.04. The molecule has 2 aromatic carbocycles. The molecule has 7 nitrogen and oxygen atoms in total. The number of carbonyl (C=O) groups excluding carboxylic acids is 2. The fraction of sp³-hybridized carbons (Fsp3) is 0.400. The second-order valence-corrected chi connectivity index (χ2v) is 10.8.